The van der Waals surface area contributed by atoms with E-state index >= 15 is 0 Å². The molecule has 1 aliphatic rings. The molecule has 0 saturated carbocycles. The number of nitrogens with zero attached hydrogens (tertiary/aromatic N) is 1. The molecule has 1 saturated heterocycles. The number of amides is 2. The summed E-state index contributed by atoms with van der Waals surface area (Å²) in [5.74, 6) is 0.0807. The predicted octanol–water partition coefficient (Wildman–Crippen LogP) is 5.14. The van der Waals surface area contributed by atoms with Gasteiger partial charge >= 0.3 is 0 Å². The van der Waals surface area contributed by atoms with E-state index in [1.54, 1.807) is 18.2 Å². The van der Waals surface area contributed by atoms with Crippen LogP contribution in [0.1, 0.15) is 22.5 Å². The summed E-state index contributed by atoms with van der Waals surface area (Å²) in [7, 11) is 0. The quantitative estimate of drug-likeness (QED) is 0.579. The first-order chi connectivity index (χ1) is 14.4. The summed E-state index contributed by atoms with van der Waals surface area (Å²) in [4.78, 5) is 23.6. The average Bonchev–Trinajstić information content (AvgIpc) is 3.19. The summed E-state index contributed by atoms with van der Waals surface area (Å²) in [6.07, 6.45) is 1.74. The summed E-state index contributed by atoms with van der Waals surface area (Å²) in [5, 5.41) is 1.92. The van der Waals surface area contributed by atoms with Crippen LogP contribution in [0.15, 0.2) is 59.5 Å². The molecule has 1 aromatic heterocycles. The number of hydrogen-bond donors (Lipinski definition) is 1. The van der Waals surface area contributed by atoms with Gasteiger partial charge in [0.1, 0.15) is 18.2 Å². The Balaban J connectivity index is 1.52. The Kier molecular flexibility index (Phi) is 5.46. The lowest BCUT2D eigenvalue weighted by atomic mass is 10.2. The Morgan fingerprint density at radius 2 is 1.77 bits per heavy atom. The number of carbonyl (C=O) groups excluding carboxylic acids is 2. The number of ether oxygens (including phenoxy) is 1. The molecule has 0 radical (unpaired) electrons. The number of aromatic nitrogens is 1. The Bertz CT molecular complexity index is 1150. The van der Waals surface area contributed by atoms with Crippen molar-refractivity contribution in [1.82, 2.24) is 9.88 Å². The summed E-state index contributed by atoms with van der Waals surface area (Å²) in [6, 6.07) is 15.9. The topological polar surface area (TPSA) is 60.3 Å². The molecule has 0 aliphatic carbocycles. The standard InChI is InChI=1S/C23H19FN2O3S/c1-14-11-17(12-21-22(27)25-23(28)30-21)15(2)26(14)19-7-9-20(10-8-19)29-13-16-3-5-18(24)6-4-16/h3-12H,13H2,1-2H3,(H,25,27,28)/b21-12-. The van der Waals surface area contributed by atoms with E-state index in [1.807, 2.05) is 44.2 Å². The highest BCUT2D eigenvalue weighted by atomic mass is 32.2. The molecular weight excluding hydrogens is 403 g/mol. The van der Waals surface area contributed by atoms with E-state index in [4.69, 9.17) is 4.74 Å². The fourth-order valence-corrected chi connectivity index (χ4v) is 4.01. The number of thioether (sulfide) groups is 1. The molecule has 7 heteroatoms. The van der Waals surface area contributed by atoms with Gasteiger partial charge in [-0.05, 0) is 85.3 Å². The molecule has 30 heavy (non-hydrogen) atoms. The van der Waals surface area contributed by atoms with Gasteiger partial charge in [0.05, 0.1) is 4.91 Å². The van der Waals surface area contributed by atoms with Crippen LogP contribution < -0.4 is 10.1 Å². The summed E-state index contributed by atoms with van der Waals surface area (Å²) in [5.41, 5.74) is 4.71. The fourth-order valence-electron chi connectivity index (χ4n) is 3.33. The van der Waals surface area contributed by atoms with Gasteiger partial charge in [-0.2, -0.15) is 0 Å². The summed E-state index contributed by atoms with van der Waals surface area (Å²) < 4.78 is 20.8. The number of benzene rings is 2. The number of halogens is 1. The molecule has 2 amide bonds. The van der Waals surface area contributed by atoms with Crippen molar-refractivity contribution in [2.75, 3.05) is 0 Å². The molecule has 152 valence electrons. The van der Waals surface area contributed by atoms with Crippen molar-refractivity contribution in [1.29, 1.82) is 0 Å². The van der Waals surface area contributed by atoms with Crippen LogP contribution in [-0.2, 0) is 11.4 Å². The highest BCUT2D eigenvalue weighted by molar-refractivity contribution is 8.18. The Morgan fingerprint density at radius 1 is 1.07 bits per heavy atom. The largest absolute Gasteiger partial charge is 0.489 e. The van der Waals surface area contributed by atoms with E-state index in [0.717, 1.165) is 40.0 Å². The second-order valence-corrected chi connectivity index (χ2v) is 7.94. The molecule has 3 aromatic rings. The number of imide groups is 1. The molecule has 0 unspecified atom stereocenters. The maximum Gasteiger partial charge on any atom is 0.290 e. The van der Waals surface area contributed by atoms with Crippen LogP contribution >= 0.6 is 11.8 Å². The zero-order valence-electron chi connectivity index (χ0n) is 16.4. The summed E-state index contributed by atoms with van der Waals surface area (Å²) in [6.45, 7) is 4.32. The minimum Gasteiger partial charge on any atom is -0.489 e. The van der Waals surface area contributed by atoms with E-state index in [-0.39, 0.29) is 17.0 Å². The van der Waals surface area contributed by atoms with E-state index in [2.05, 4.69) is 9.88 Å². The van der Waals surface area contributed by atoms with Crippen LogP contribution in [-0.4, -0.2) is 15.7 Å². The zero-order valence-corrected chi connectivity index (χ0v) is 17.3. The molecule has 0 spiro atoms. The molecule has 5 nitrogen and oxygen atoms in total. The SMILES string of the molecule is Cc1cc(/C=C2\SC(=O)NC2=O)c(C)n1-c1ccc(OCc2ccc(F)cc2)cc1. The minimum atomic E-state index is -0.363. The lowest BCUT2D eigenvalue weighted by Crippen LogP contribution is -2.17. The molecule has 2 heterocycles. The van der Waals surface area contributed by atoms with Crippen molar-refractivity contribution in [3.63, 3.8) is 0 Å². The maximum atomic E-state index is 13.0. The molecular formula is C23H19FN2O3S. The van der Waals surface area contributed by atoms with Gasteiger partial charge in [0.2, 0.25) is 0 Å². The highest BCUT2D eigenvalue weighted by Crippen LogP contribution is 2.29. The monoisotopic (exact) mass is 422 g/mol. The van der Waals surface area contributed by atoms with Crippen LogP contribution in [0, 0.1) is 19.7 Å². The average molecular weight is 422 g/mol. The van der Waals surface area contributed by atoms with Crippen molar-refractivity contribution in [3.05, 3.63) is 87.8 Å². The van der Waals surface area contributed by atoms with E-state index in [9.17, 15) is 14.0 Å². The van der Waals surface area contributed by atoms with Gasteiger partial charge in [0, 0.05) is 17.1 Å². The van der Waals surface area contributed by atoms with Crippen LogP contribution in [0.5, 0.6) is 5.75 Å². The fraction of sp³-hybridized carbons (Fsp3) is 0.130. The van der Waals surface area contributed by atoms with Gasteiger partial charge in [-0.15, -0.1) is 0 Å². The van der Waals surface area contributed by atoms with Crippen molar-refractivity contribution in [3.8, 4) is 11.4 Å². The van der Waals surface area contributed by atoms with Crippen LogP contribution in [0.4, 0.5) is 9.18 Å². The van der Waals surface area contributed by atoms with E-state index < -0.39 is 0 Å². The van der Waals surface area contributed by atoms with Crippen LogP contribution in [0.2, 0.25) is 0 Å². The number of carbonyl (C=O) groups is 2. The number of nitrogens with one attached hydrogen (secondary N) is 1. The maximum absolute atomic E-state index is 13.0. The Labute approximate surface area is 177 Å². The van der Waals surface area contributed by atoms with Crippen molar-refractivity contribution < 1.29 is 18.7 Å². The summed E-state index contributed by atoms with van der Waals surface area (Å²) >= 11 is 0.909. The van der Waals surface area contributed by atoms with Gasteiger partial charge in [0.15, 0.2) is 0 Å². The first-order valence-corrected chi connectivity index (χ1v) is 10.1. The molecule has 1 aliphatic heterocycles. The third-order valence-corrected chi connectivity index (χ3v) is 5.62. The third-order valence-electron chi connectivity index (χ3n) is 4.81. The lowest BCUT2D eigenvalue weighted by molar-refractivity contribution is -0.115. The van der Waals surface area contributed by atoms with E-state index in [1.165, 1.54) is 12.1 Å². The minimum absolute atomic E-state index is 0.269. The van der Waals surface area contributed by atoms with Gasteiger partial charge in [-0.25, -0.2) is 4.39 Å². The third kappa shape index (κ3) is 4.16. The predicted molar refractivity (Wildman–Crippen MR) is 115 cm³/mol. The highest BCUT2D eigenvalue weighted by Gasteiger charge is 2.25. The van der Waals surface area contributed by atoms with Crippen LogP contribution in [0.25, 0.3) is 11.8 Å². The molecule has 1 fully saturated rings. The van der Waals surface area contributed by atoms with Gasteiger partial charge in [-0.1, -0.05) is 12.1 Å². The van der Waals surface area contributed by atoms with Crippen molar-refractivity contribution in [2.45, 2.75) is 20.5 Å². The second-order valence-electron chi connectivity index (χ2n) is 6.92. The second kappa shape index (κ2) is 8.20. The Morgan fingerprint density at radius 3 is 2.40 bits per heavy atom. The van der Waals surface area contributed by atoms with Crippen molar-refractivity contribution in [2.24, 2.45) is 0 Å². The smallest absolute Gasteiger partial charge is 0.290 e. The number of aryl methyl sites for hydroxylation is 1. The molecule has 0 bridgehead atoms. The molecule has 4 rings (SSSR count). The van der Waals surface area contributed by atoms with Crippen LogP contribution in [0.3, 0.4) is 0 Å². The van der Waals surface area contributed by atoms with Gasteiger partial charge in [-0.3, -0.25) is 14.9 Å². The van der Waals surface area contributed by atoms with Gasteiger partial charge < -0.3 is 9.30 Å². The number of rotatable bonds is 5. The molecule has 0 atom stereocenters. The first-order valence-electron chi connectivity index (χ1n) is 9.32. The lowest BCUT2D eigenvalue weighted by Gasteiger charge is -2.11. The Hall–Kier alpha value is -3.32. The number of hydrogen-bond acceptors (Lipinski definition) is 4. The van der Waals surface area contributed by atoms with Crippen molar-refractivity contribution >= 4 is 29.0 Å². The van der Waals surface area contributed by atoms with E-state index in [0.29, 0.717) is 17.3 Å². The molecule has 2 aromatic carbocycles. The first kappa shape index (κ1) is 20.0. The zero-order chi connectivity index (χ0) is 21.3. The normalized spacial score (nSPS) is 15.0. The molecule has 1 N–H and O–H groups in total. The van der Waals surface area contributed by atoms with Gasteiger partial charge in [0.25, 0.3) is 11.1 Å².